The maximum atomic E-state index is 14.0. The third-order valence-corrected chi connectivity index (χ3v) is 8.00. The van der Waals surface area contributed by atoms with Crippen molar-refractivity contribution in [2.24, 2.45) is 0 Å². The Labute approximate surface area is 237 Å². The molecule has 0 aliphatic carbocycles. The van der Waals surface area contributed by atoms with E-state index in [1.165, 1.54) is 5.56 Å². The first-order valence-corrected chi connectivity index (χ1v) is 14.4. The normalized spacial score (nSPS) is 12.0. The Kier molecular flexibility index (Phi) is 8.86. The number of para-hydroxylation sites is 1. The van der Waals surface area contributed by atoms with E-state index < -0.39 is 17.3 Å². The lowest BCUT2D eigenvalue weighted by atomic mass is 10.1. The van der Waals surface area contributed by atoms with Crippen molar-refractivity contribution in [2.75, 3.05) is 13.2 Å². The molecule has 0 fully saturated rings. The number of carbonyl (C=O) groups is 1. The molecule has 1 heterocycles. The smallest absolute Gasteiger partial charge is 0.374 e. The van der Waals surface area contributed by atoms with Crippen LogP contribution in [0.2, 0.25) is 0 Å². The van der Waals surface area contributed by atoms with Gasteiger partial charge in [0.1, 0.15) is 17.1 Å². The van der Waals surface area contributed by atoms with Gasteiger partial charge in [-0.1, -0.05) is 60.7 Å². The summed E-state index contributed by atoms with van der Waals surface area (Å²) < 4.78 is 32.7. The molecule has 204 valence electrons. The van der Waals surface area contributed by atoms with Gasteiger partial charge in [0.05, 0.1) is 24.5 Å². The number of carbonyl (C=O) groups excluding carboxylic acids is 1. The van der Waals surface area contributed by atoms with Gasteiger partial charge in [0.25, 0.3) is 0 Å². The molecule has 6 nitrogen and oxygen atoms in total. The summed E-state index contributed by atoms with van der Waals surface area (Å²) in [5, 5.41) is 0.749. The van der Waals surface area contributed by atoms with Gasteiger partial charge in [-0.3, -0.25) is 0 Å². The second-order valence-electron chi connectivity index (χ2n) is 9.34. The molecule has 40 heavy (non-hydrogen) atoms. The largest absolute Gasteiger partial charge is 0.593 e. The van der Waals surface area contributed by atoms with Crippen LogP contribution < -0.4 is 4.74 Å². The molecule has 0 saturated carbocycles. The van der Waals surface area contributed by atoms with Crippen LogP contribution in [0.15, 0.2) is 112 Å². The van der Waals surface area contributed by atoms with Gasteiger partial charge in [-0.2, -0.15) is 0 Å². The number of nitrogens with zero attached hydrogens (tertiary/aromatic N) is 1. The van der Waals surface area contributed by atoms with E-state index in [-0.39, 0.29) is 12.4 Å². The Balaban J connectivity index is 1.38. The fourth-order valence-corrected chi connectivity index (χ4v) is 5.68. The van der Waals surface area contributed by atoms with Gasteiger partial charge in [0.15, 0.2) is 4.90 Å². The molecule has 0 N–H and O–H groups in total. The monoisotopic (exact) mass is 553 g/mol. The number of benzene rings is 4. The van der Waals surface area contributed by atoms with Crippen molar-refractivity contribution in [2.45, 2.75) is 31.7 Å². The van der Waals surface area contributed by atoms with Gasteiger partial charge < -0.3 is 18.4 Å². The Bertz CT molecular complexity index is 1550. The SMILES string of the molecule is CCOC(=O)c1oc2ccc([S+]([O-])N(CCc3ccccc3)Cc3ccc(Oc4ccccc4)cc3)cc2c1C. The molecule has 0 saturated heterocycles. The first-order valence-electron chi connectivity index (χ1n) is 13.2. The van der Waals surface area contributed by atoms with Crippen LogP contribution >= 0.6 is 0 Å². The number of furan rings is 1. The number of ether oxygens (including phenoxy) is 2. The maximum Gasteiger partial charge on any atom is 0.374 e. The van der Waals surface area contributed by atoms with E-state index in [0.29, 0.717) is 29.1 Å². The van der Waals surface area contributed by atoms with Gasteiger partial charge in [0.2, 0.25) is 5.76 Å². The minimum atomic E-state index is -1.46. The van der Waals surface area contributed by atoms with E-state index in [0.717, 1.165) is 28.9 Å². The highest BCUT2D eigenvalue weighted by molar-refractivity contribution is 7.89. The first-order chi connectivity index (χ1) is 19.5. The molecule has 5 rings (SSSR count). The molecule has 0 aliphatic rings. The highest BCUT2D eigenvalue weighted by Gasteiger charge is 2.26. The van der Waals surface area contributed by atoms with Gasteiger partial charge in [-0.05, 0) is 67.8 Å². The Hall–Kier alpha value is -4.04. The van der Waals surface area contributed by atoms with Crippen molar-refractivity contribution in [3.63, 3.8) is 0 Å². The Morgan fingerprint density at radius 3 is 2.25 bits per heavy atom. The van der Waals surface area contributed by atoms with Crippen LogP contribution in [0.4, 0.5) is 0 Å². The summed E-state index contributed by atoms with van der Waals surface area (Å²) in [4.78, 5) is 13.0. The minimum absolute atomic E-state index is 0.179. The lowest BCUT2D eigenvalue weighted by Crippen LogP contribution is -2.32. The maximum absolute atomic E-state index is 14.0. The van der Waals surface area contributed by atoms with Crippen molar-refractivity contribution < 1.29 is 23.2 Å². The quantitative estimate of drug-likeness (QED) is 0.125. The van der Waals surface area contributed by atoms with E-state index in [9.17, 15) is 9.35 Å². The van der Waals surface area contributed by atoms with Crippen LogP contribution in [0.5, 0.6) is 11.5 Å². The van der Waals surface area contributed by atoms with Crippen molar-refractivity contribution in [1.29, 1.82) is 0 Å². The summed E-state index contributed by atoms with van der Waals surface area (Å²) in [7, 11) is 0. The minimum Gasteiger partial charge on any atom is -0.593 e. The molecule has 0 spiro atoms. The summed E-state index contributed by atoms with van der Waals surface area (Å²) >= 11 is -1.46. The predicted molar refractivity (Wildman–Crippen MR) is 157 cm³/mol. The average Bonchev–Trinajstić information content (AvgIpc) is 3.32. The second kappa shape index (κ2) is 12.9. The average molecular weight is 554 g/mol. The fraction of sp³-hybridized carbons (Fsp3) is 0.182. The van der Waals surface area contributed by atoms with Crippen LogP contribution in [0.25, 0.3) is 11.0 Å². The number of rotatable bonds is 11. The van der Waals surface area contributed by atoms with Gasteiger partial charge in [-0.25, -0.2) is 4.79 Å². The van der Waals surface area contributed by atoms with Crippen LogP contribution in [0.1, 0.15) is 34.2 Å². The van der Waals surface area contributed by atoms with Crippen LogP contribution in [0.3, 0.4) is 0 Å². The number of hydrogen-bond donors (Lipinski definition) is 0. The highest BCUT2D eigenvalue weighted by Crippen LogP contribution is 2.30. The summed E-state index contributed by atoms with van der Waals surface area (Å²) in [5.41, 5.74) is 3.44. The number of aryl methyl sites for hydroxylation is 1. The van der Waals surface area contributed by atoms with Crippen LogP contribution in [-0.2, 0) is 29.1 Å². The molecule has 5 aromatic rings. The van der Waals surface area contributed by atoms with Crippen LogP contribution in [0, 0.1) is 6.92 Å². The number of hydrogen-bond acceptors (Lipinski definition) is 6. The zero-order valence-corrected chi connectivity index (χ0v) is 23.4. The molecule has 1 aromatic heterocycles. The van der Waals surface area contributed by atoms with E-state index in [2.05, 4.69) is 12.1 Å². The molecule has 0 aliphatic heterocycles. The zero-order chi connectivity index (χ0) is 27.9. The van der Waals surface area contributed by atoms with Crippen molar-refractivity contribution in [1.82, 2.24) is 4.31 Å². The third-order valence-electron chi connectivity index (χ3n) is 6.56. The van der Waals surface area contributed by atoms with Crippen molar-refractivity contribution in [3.8, 4) is 11.5 Å². The topological polar surface area (TPSA) is 75.0 Å². The number of esters is 1. The molecular weight excluding hydrogens is 522 g/mol. The fourth-order valence-electron chi connectivity index (χ4n) is 4.46. The van der Waals surface area contributed by atoms with E-state index >= 15 is 0 Å². The molecule has 0 amide bonds. The first kappa shape index (κ1) is 27.5. The lowest BCUT2D eigenvalue weighted by Gasteiger charge is -2.24. The Morgan fingerprint density at radius 1 is 0.875 bits per heavy atom. The van der Waals surface area contributed by atoms with Gasteiger partial charge in [-0.15, -0.1) is 4.31 Å². The van der Waals surface area contributed by atoms with E-state index in [1.54, 1.807) is 19.1 Å². The second-order valence-corrected chi connectivity index (χ2v) is 10.8. The Morgan fingerprint density at radius 2 is 1.55 bits per heavy atom. The van der Waals surface area contributed by atoms with Gasteiger partial charge >= 0.3 is 5.97 Å². The van der Waals surface area contributed by atoms with E-state index in [4.69, 9.17) is 13.9 Å². The lowest BCUT2D eigenvalue weighted by molar-refractivity contribution is 0.0491. The van der Waals surface area contributed by atoms with E-state index in [1.807, 2.05) is 90.1 Å². The zero-order valence-electron chi connectivity index (χ0n) is 22.5. The summed E-state index contributed by atoms with van der Waals surface area (Å²) in [5.74, 6) is 1.20. The third kappa shape index (κ3) is 6.57. The molecular formula is C33H31NO5S. The molecule has 0 radical (unpaired) electrons. The van der Waals surface area contributed by atoms with Crippen molar-refractivity contribution in [3.05, 3.63) is 126 Å². The van der Waals surface area contributed by atoms with Crippen molar-refractivity contribution >= 4 is 28.3 Å². The standard InChI is InChI=1S/C33H31NO5S/c1-3-37-33(35)32-24(2)30-22-29(18-19-31(30)39-32)40(36)34(21-20-25-10-6-4-7-11-25)23-26-14-16-28(17-15-26)38-27-12-8-5-9-13-27/h4-19,22H,3,20-21,23H2,1-2H3. The molecule has 0 bridgehead atoms. The van der Waals surface area contributed by atoms with Crippen LogP contribution in [-0.4, -0.2) is 28.0 Å². The summed E-state index contributed by atoms with van der Waals surface area (Å²) in [6, 6.07) is 33.1. The predicted octanol–water partition coefficient (Wildman–Crippen LogP) is 7.48. The molecule has 7 heteroatoms. The van der Waals surface area contributed by atoms with Gasteiger partial charge in [0, 0.05) is 23.6 Å². The molecule has 4 aromatic carbocycles. The highest BCUT2D eigenvalue weighted by atomic mass is 32.2. The summed E-state index contributed by atoms with van der Waals surface area (Å²) in [6.45, 7) is 4.92. The summed E-state index contributed by atoms with van der Waals surface area (Å²) in [6.07, 6.45) is 0.752. The number of fused-ring (bicyclic) bond motifs is 1. The molecule has 1 unspecified atom stereocenters. The molecule has 1 atom stereocenters.